The van der Waals surface area contributed by atoms with E-state index in [2.05, 4.69) is 55.6 Å². The molecule has 0 spiro atoms. The van der Waals surface area contributed by atoms with Crippen molar-refractivity contribution in [2.24, 2.45) is 0 Å². The van der Waals surface area contributed by atoms with E-state index in [0.29, 0.717) is 25.3 Å². The Morgan fingerprint density at radius 1 is 0.833 bits per heavy atom. The number of nitrogens with one attached hydrogen (secondary N) is 1. The van der Waals surface area contributed by atoms with Crippen LogP contribution in [0.4, 0.5) is 0 Å². The first-order chi connectivity index (χ1) is 14.3. The fraction of sp³-hybridized carbons (Fsp3) is 0.462. The van der Waals surface area contributed by atoms with E-state index in [1.54, 1.807) is 4.90 Å². The predicted molar refractivity (Wildman–Crippen MR) is 123 cm³/mol. The van der Waals surface area contributed by atoms with Crippen molar-refractivity contribution in [3.8, 4) is 0 Å². The molecule has 2 aromatic rings. The highest BCUT2D eigenvalue weighted by atomic mass is 16.2. The Labute approximate surface area is 181 Å². The molecule has 0 unspecified atom stereocenters. The maximum atomic E-state index is 13.1. The lowest BCUT2D eigenvalue weighted by Crippen LogP contribution is -2.50. The van der Waals surface area contributed by atoms with Crippen LogP contribution in [-0.4, -0.2) is 35.3 Å². The molecule has 30 heavy (non-hydrogen) atoms. The van der Waals surface area contributed by atoms with Gasteiger partial charge in [-0.25, -0.2) is 0 Å². The minimum absolute atomic E-state index is 0.0188. The lowest BCUT2D eigenvalue weighted by atomic mass is 10.00. The predicted octanol–water partition coefficient (Wildman–Crippen LogP) is 4.73. The summed E-state index contributed by atoms with van der Waals surface area (Å²) in [7, 11) is 0. The Bertz CT molecular complexity index is 798. The summed E-state index contributed by atoms with van der Waals surface area (Å²) < 4.78 is 0. The van der Waals surface area contributed by atoms with Crippen molar-refractivity contribution in [2.75, 3.05) is 6.54 Å². The van der Waals surface area contributed by atoms with Crippen molar-refractivity contribution in [3.05, 3.63) is 71.3 Å². The van der Waals surface area contributed by atoms with Crippen LogP contribution in [0.2, 0.25) is 0 Å². The zero-order valence-corrected chi connectivity index (χ0v) is 19.0. The topological polar surface area (TPSA) is 49.4 Å². The minimum Gasteiger partial charge on any atom is -0.352 e. The molecule has 0 aliphatic rings. The van der Waals surface area contributed by atoms with E-state index < -0.39 is 6.04 Å². The van der Waals surface area contributed by atoms with Crippen LogP contribution in [0.3, 0.4) is 0 Å². The zero-order chi connectivity index (χ0) is 22.1. The Hall–Kier alpha value is -2.62. The van der Waals surface area contributed by atoms with Crippen LogP contribution in [0.1, 0.15) is 63.6 Å². The third-order valence-electron chi connectivity index (χ3n) is 5.36. The Kier molecular flexibility index (Phi) is 9.10. The molecule has 0 radical (unpaired) electrons. The highest BCUT2D eigenvalue weighted by Crippen LogP contribution is 2.16. The molecular weight excluding hydrogens is 372 g/mol. The smallest absolute Gasteiger partial charge is 0.242 e. The maximum Gasteiger partial charge on any atom is 0.242 e. The molecule has 4 heteroatoms. The number of benzene rings is 2. The molecule has 162 valence electrons. The number of aryl methyl sites for hydroxylation is 1. The van der Waals surface area contributed by atoms with Crippen molar-refractivity contribution < 1.29 is 9.59 Å². The molecular formula is C26H36N2O2. The Morgan fingerprint density at radius 2 is 1.43 bits per heavy atom. The second-order valence-electron chi connectivity index (χ2n) is 8.56. The zero-order valence-electron chi connectivity index (χ0n) is 19.0. The SMILES string of the molecule is CC(C)NC(=O)[C@H](C)N(CCc1ccccc1)C(=O)CCc1ccc(C(C)C)cc1. The van der Waals surface area contributed by atoms with E-state index in [1.165, 1.54) is 5.56 Å². The monoisotopic (exact) mass is 408 g/mol. The minimum atomic E-state index is -0.494. The maximum absolute atomic E-state index is 13.1. The average molecular weight is 409 g/mol. The van der Waals surface area contributed by atoms with Crippen molar-refractivity contribution in [1.82, 2.24) is 10.2 Å². The summed E-state index contributed by atoms with van der Waals surface area (Å²) >= 11 is 0. The molecule has 0 bridgehead atoms. The summed E-state index contributed by atoms with van der Waals surface area (Å²) in [5.74, 6) is 0.410. The molecule has 0 fully saturated rings. The molecule has 4 nitrogen and oxygen atoms in total. The van der Waals surface area contributed by atoms with Gasteiger partial charge in [-0.3, -0.25) is 9.59 Å². The fourth-order valence-electron chi connectivity index (χ4n) is 3.44. The summed E-state index contributed by atoms with van der Waals surface area (Å²) in [6.07, 6.45) is 1.81. The standard InChI is InChI=1S/C26H36N2O2/c1-19(2)24-14-11-23(12-15-24)13-16-25(29)28(21(5)26(30)27-20(3)4)18-17-22-9-7-6-8-10-22/h6-12,14-15,19-21H,13,16-18H2,1-5H3,(H,27,30)/t21-/m0/s1. The Balaban J connectivity index is 2.05. The molecule has 1 atom stereocenters. The summed E-state index contributed by atoms with van der Waals surface area (Å²) in [5, 5.41) is 2.93. The van der Waals surface area contributed by atoms with E-state index in [4.69, 9.17) is 0 Å². The molecule has 2 aromatic carbocycles. The van der Waals surface area contributed by atoms with Gasteiger partial charge in [0.2, 0.25) is 11.8 Å². The normalized spacial score (nSPS) is 12.1. The first kappa shape index (κ1) is 23.7. The van der Waals surface area contributed by atoms with Crippen LogP contribution < -0.4 is 5.32 Å². The highest BCUT2D eigenvalue weighted by molar-refractivity contribution is 5.87. The molecule has 0 saturated heterocycles. The third-order valence-corrected chi connectivity index (χ3v) is 5.36. The van der Waals surface area contributed by atoms with Gasteiger partial charge in [0.05, 0.1) is 0 Å². The molecule has 0 heterocycles. The van der Waals surface area contributed by atoms with Gasteiger partial charge >= 0.3 is 0 Å². The highest BCUT2D eigenvalue weighted by Gasteiger charge is 2.25. The van der Waals surface area contributed by atoms with E-state index >= 15 is 0 Å². The van der Waals surface area contributed by atoms with Gasteiger partial charge in [-0.15, -0.1) is 0 Å². The summed E-state index contributed by atoms with van der Waals surface area (Å²) in [6.45, 7) is 10.6. The quantitative estimate of drug-likeness (QED) is 0.618. The summed E-state index contributed by atoms with van der Waals surface area (Å²) in [5.41, 5.74) is 3.61. The van der Waals surface area contributed by atoms with Crippen LogP contribution in [0, 0.1) is 0 Å². The first-order valence-electron chi connectivity index (χ1n) is 11.0. The number of carbonyl (C=O) groups excluding carboxylic acids is 2. The van der Waals surface area contributed by atoms with Crippen LogP contribution in [0.25, 0.3) is 0 Å². The number of rotatable bonds is 10. The molecule has 0 aromatic heterocycles. The second-order valence-corrected chi connectivity index (χ2v) is 8.56. The summed E-state index contributed by atoms with van der Waals surface area (Å²) in [4.78, 5) is 27.4. The fourth-order valence-corrected chi connectivity index (χ4v) is 3.44. The van der Waals surface area contributed by atoms with E-state index in [1.807, 2.05) is 39.0 Å². The molecule has 2 rings (SSSR count). The molecule has 0 saturated carbocycles. The number of amides is 2. The number of carbonyl (C=O) groups is 2. The lowest BCUT2D eigenvalue weighted by Gasteiger charge is -2.29. The number of nitrogens with zero attached hydrogens (tertiary/aromatic N) is 1. The van der Waals surface area contributed by atoms with Gasteiger partial charge in [-0.05, 0) is 56.2 Å². The van der Waals surface area contributed by atoms with Crippen LogP contribution >= 0.6 is 0 Å². The molecule has 0 aliphatic heterocycles. The average Bonchev–Trinajstić information content (AvgIpc) is 2.72. The lowest BCUT2D eigenvalue weighted by molar-refractivity contribution is -0.140. The van der Waals surface area contributed by atoms with Gasteiger partial charge in [0.25, 0.3) is 0 Å². The van der Waals surface area contributed by atoms with Crippen molar-refractivity contribution >= 4 is 11.8 Å². The van der Waals surface area contributed by atoms with Gasteiger partial charge < -0.3 is 10.2 Å². The van der Waals surface area contributed by atoms with Crippen molar-refractivity contribution in [1.29, 1.82) is 0 Å². The Morgan fingerprint density at radius 3 is 2.00 bits per heavy atom. The molecule has 1 N–H and O–H groups in total. The number of hydrogen-bond acceptors (Lipinski definition) is 2. The van der Waals surface area contributed by atoms with Gasteiger partial charge in [-0.2, -0.15) is 0 Å². The van der Waals surface area contributed by atoms with Gasteiger partial charge in [0.1, 0.15) is 6.04 Å². The van der Waals surface area contributed by atoms with Gasteiger partial charge in [0, 0.05) is 19.0 Å². The largest absolute Gasteiger partial charge is 0.352 e. The first-order valence-corrected chi connectivity index (χ1v) is 11.0. The molecule has 2 amide bonds. The van der Waals surface area contributed by atoms with Gasteiger partial charge in [0.15, 0.2) is 0 Å². The summed E-state index contributed by atoms with van der Waals surface area (Å²) in [6, 6.07) is 18.1. The van der Waals surface area contributed by atoms with Crippen molar-refractivity contribution in [2.45, 2.75) is 71.9 Å². The van der Waals surface area contributed by atoms with Crippen LogP contribution in [0.15, 0.2) is 54.6 Å². The molecule has 0 aliphatic carbocycles. The third kappa shape index (κ3) is 7.33. The van der Waals surface area contributed by atoms with E-state index in [9.17, 15) is 9.59 Å². The van der Waals surface area contributed by atoms with Crippen LogP contribution in [-0.2, 0) is 22.4 Å². The second kappa shape index (κ2) is 11.5. The van der Waals surface area contributed by atoms with E-state index in [-0.39, 0.29) is 17.9 Å². The van der Waals surface area contributed by atoms with E-state index in [0.717, 1.165) is 17.5 Å². The van der Waals surface area contributed by atoms with Crippen LogP contribution in [0.5, 0.6) is 0 Å². The van der Waals surface area contributed by atoms with Gasteiger partial charge in [-0.1, -0.05) is 68.4 Å². The van der Waals surface area contributed by atoms with Crippen molar-refractivity contribution in [3.63, 3.8) is 0 Å². The number of hydrogen-bond donors (Lipinski definition) is 1.